The van der Waals surface area contributed by atoms with Crippen molar-refractivity contribution in [1.29, 1.82) is 0 Å². The Kier molecular flexibility index (Phi) is 4.47. The highest BCUT2D eigenvalue weighted by atomic mass is 35.5. The van der Waals surface area contributed by atoms with Gasteiger partial charge in [-0.2, -0.15) is 0 Å². The number of rotatable bonds is 3. The topological polar surface area (TPSA) is 59.0 Å². The van der Waals surface area contributed by atoms with Gasteiger partial charge in [0.15, 0.2) is 0 Å². The number of amides is 2. The molecule has 132 valence electrons. The lowest BCUT2D eigenvalue weighted by Crippen LogP contribution is -2.41. The fraction of sp³-hybridized carbons (Fsp3) is 0.250. The molecule has 0 spiro atoms. The monoisotopic (exact) mass is 368 g/mol. The van der Waals surface area contributed by atoms with Gasteiger partial charge in [-0.05, 0) is 36.4 Å². The normalized spacial score (nSPS) is 16.7. The van der Waals surface area contributed by atoms with Gasteiger partial charge in [0.1, 0.15) is 11.9 Å². The second-order valence-corrected chi connectivity index (χ2v) is 6.87. The predicted octanol–water partition coefficient (Wildman–Crippen LogP) is 3.60. The lowest BCUT2D eigenvalue weighted by molar-refractivity contribution is 0.0595. The Hall–Kier alpha value is -2.66. The summed E-state index contributed by atoms with van der Waals surface area (Å²) in [5, 5.41) is 0.677. The Morgan fingerprint density at radius 3 is 2.58 bits per heavy atom. The quantitative estimate of drug-likeness (QED) is 0.831. The molecule has 2 aromatic carbocycles. The van der Waals surface area contributed by atoms with E-state index >= 15 is 0 Å². The predicted molar refractivity (Wildman–Crippen MR) is 99.4 cm³/mol. The first-order valence-corrected chi connectivity index (χ1v) is 8.92. The van der Waals surface area contributed by atoms with Crippen LogP contribution in [0, 0.1) is 0 Å². The number of hydrogen-bond acceptors (Lipinski definition) is 3. The van der Waals surface area contributed by atoms with E-state index in [1.807, 2.05) is 17.0 Å². The number of likely N-dealkylation sites (tertiary alicyclic amines) is 1. The van der Waals surface area contributed by atoms with Crippen LogP contribution >= 0.6 is 11.6 Å². The van der Waals surface area contributed by atoms with Crippen LogP contribution in [0.5, 0.6) is 5.75 Å². The highest BCUT2D eigenvalue weighted by molar-refractivity contribution is 6.30. The fourth-order valence-corrected chi connectivity index (χ4v) is 3.38. The molecule has 2 aliphatic rings. The second-order valence-electron chi connectivity index (χ2n) is 6.43. The highest BCUT2D eigenvalue weighted by Crippen LogP contribution is 2.23. The first-order valence-electron chi connectivity index (χ1n) is 8.54. The average molecular weight is 369 g/mol. The van der Waals surface area contributed by atoms with Gasteiger partial charge in [-0.1, -0.05) is 17.7 Å². The fourth-order valence-electron chi connectivity index (χ4n) is 3.25. The van der Waals surface area contributed by atoms with Crippen LogP contribution in [0.2, 0.25) is 5.02 Å². The molecule has 26 heavy (non-hydrogen) atoms. The van der Waals surface area contributed by atoms with Crippen molar-refractivity contribution in [3.05, 3.63) is 64.2 Å². The van der Waals surface area contributed by atoms with E-state index in [9.17, 15) is 9.59 Å². The number of ether oxygens (including phenoxy) is 1. The highest BCUT2D eigenvalue weighted by Gasteiger charge is 2.26. The number of piperidine rings is 1. The number of carbonyl (C=O) groups excluding carboxylic acids is 2. The summed E-state index contributed by atoms with van der Waals surface area (Å²) in [6, 6.07) is 12.5. The Morgan fingerprint density at radius 2 is 1.85 bits per heavy atom. The minimum atomic E-state index is -0.287. The molecule has 1 saturated heterocycles. The molecule has 6 heteroatoms. The number of halogens is 1. The molecule has 2 aromatic rings. The van der Waals surface area contributed by atoms with Gasteiger partial charge in [0.2, 0.25) is 0 Å². The van der Waals surface area contributed by atoms with E-state index in [0.29, 0.717) is 29.2 Å². The van der Waals surface area contributed by atoms with E-state index in [2.05, 4.69) is 4.99 Å². The van der Waals surface area contributed by atoms with Gasteiger partial charge in [0.05, 0.1) is 5.56 Å². The summed E-state index contributed by atoms with van der Waals surface area (Å²) >= 11 is 5.88. The molecule has 5 nitrogen and oxygen atoms in total. The molecule has 0 unspecified atom stereocenters. The maximum absolute atomic E-state index is 12.7. The van der Waals surface area contributed by atoms with Crippen molar-refractivity contribution in [1.82, 2.24) is 4.90 Å². The zero-order valence-electron chi connectivity index (χ0n) is 14.0. The Balaban J connectivity index is 1.37. The number of hydrogen-bond donors (Lipinski definition) is 0. The number of nitrogens with zero attached hydrogens (tertiary/aromatic N) is 2. The van der Waals surface area contributed by atoms with Gasteiger partial charge in [-0.3, -0.25) is 9.59 Å². The van der Waals surface area contributed by atoms with Crippen molar-refractivity contribution in [3.63, 3.8) is 0 Å². The van der Waals surface area contributed by atoms with Gasteiger partial charge in [0.25, 0.3) is 11.8 Å². The number of fused-ring (bicyclic) bond motifs is 1. The molecule has 2 aliphatic heterocycles. The zero-order chi connectivity index (χ0) is 18.1. The molecule has 0 bridgehead atoms. The summed E-state index contributed by atoms with van der Waals surface area (Å²) < 4.78 is 5.96. The van der Waals surface area contributed by atoms with E-state index in [-0.39, 0.29) is 17.9 Å². The SMILES string of the molecule is O=C1N=Cc2ccc(C(=O)N3CCC(Oc4ccc(Cl)cc4)CC3)cc21. The summed E-state index contributed by atoms with van der Waals surface area (Å²) in [7, 11) is 0. The van der Waals surface area contributed by atoms with Crippen molar-refractivity contribution < 1.29 is 14.3 Å². The van der Waals surface area contributed by atoms with E-state index < -0.39 is 0 Å². The summed E-state index contributed by atoms with van der Waals surface area (Å²) in [5.74, 6) is 0.443. The molecule has 2 heterocycles. The van der Waals surface area contributed by atoms with Gasteiger partial charge < -0.3 is 9.64 Å². The van der Waals surface area contributed by atoms with Crippen LogP contribution in [-0.2, 0) is 0 Å². The lowest BCUT2D eigenvalue weighted by Gasteiger charge is -2.32. The van der Waals surface area contributed by atoms with E-state index in [1.54, 1.807) is 30.3 Å². The summed E-state index contributed by atoms with van der Waals surface area (Å²) in [6.07, 6.45) is 3.14. The van der Waals surface area contributed by atoms with Crippen LogP contribution in [0.3, 0.4) is 0 Å². The number of carbonyl (C=O) groups is 2. The average Bonchev–Trinajstić information content (AvgIpc) is 3.04. The maximum Gasteiger partial charge on any atom is 0.277 e. The van der Waals surface area contributed by atoms with Crippen LogP contribution in [-0.4, -0.2) is 42.1 Å². The Labute approximate surface area is 156 Å². The minimum absolute atomic E-state index is 0.0579. The van der Waals surface area contributed by atoms with Crippen molar-refractivity contribution in [3.8, 4) is 5.75 Å². The molecule has 1 fully saturated rings. The molecule has 4 rings (SSSR count). The third-order valence-corrected chi connectivity index (χ3v) is 4.95. The first-order chi connectivity index (χ1) is 12.6. The van der Waals surface area contributed by atoms with Crippen molar-refractivity contribution in [2.75, 3.05) is 13.1 Å². The molecular formula is C20H17ClN2O3. The van der Waals surface area contributed by atoms with Gasteiger partial charge in [-0.15, -0.1) is 0 Å². The van der Waals surface area contributed by atoms with Crippen LogP contribution < -0.4 is 4.74 Å². The number of benzene rings is 2. The van der Waals surface area contributed by atoms with E-state index in [0.717, 1.165) is 24.2 Å². The van der Waals surface area contributed by atoms with Gasteiger partial charge in [0, 0.05) is 48.3 Å². The van der Waals surface area contributed by atoms with Crippen LogP contribution in [0.15, 0.2) is 47.5 Å². The molecular weight excluding hydrogens is 352 g/mol. The molecule has 0 saturated carbocycles. The third kappa shape index (κ3) is 3.35. The Morgan fingerprint density at radius 1 is 1.12 bits per heavy atom. The first kappa shape index (κ1) is 16.8. The van der Waals surface area contributed by atoms with Crippen molar-refractivity contribution in [2.24, 2.45) is 4.99 Å². The minimum Gasteiger partial charge on any atom is -0.490 e. The lowest BCUT2D eigenvalue weighted by atomic mass is 10.0. The standard InChI is InChI=1S/C20H17ClN2O3/c21-15-3-5-16(6-4-15)26-17-7-9-23(10-8-17)20(25)13-1-2-14-12-22-19(24)18(14)11-13/h1-6,11-12,17H,7-10H2. The van der Waals surface area contributed by atoms with Crippen LogP contribution in [0.4, 0.5) is 0 Å². The van der Waals surface area contributed by atoms with E-state index in [4.69, 9.17) is 16.3 Å². The van der Waals surface area contributed by atoms with Crippen LogP contribution in [0.25, 0.3) is 0 Å². The Bertz CT molecular complexity index is 884. The molecule has 2 amide bonds. The summed E-state index contributed by atoms with van der Waals surface area (Å²) in [6.45, 7) is 1.25. The number of aliphatic imine (C=N–C) groups is 1. The largest absolute Gasteiger partial charge is 0.490 e. The molecule has 0 radical (unpaired) electrons. The molecule has 0 N–H and O–H groups in total. The van der Waals surface area contributed by atoms with Gasteiger partial charge in [-0.25, -0.2) is 4.99 Å². The summed E-state index contributed by atoms with van der Waals surface area (Å²) in [4.78, 5) is 30.0. The van der Waals surface area contributed by atoms with E-state index in [1.165, 1.54) is 6.21 Å². The van der Waals surface area contributed by atoms with Crippen molar-refractivity contribution >= 4 is 29.6 Å². The molecule has 0 aliphatic carbocycles. The van der Waals surface area contributed by atoms with Crippen molar-refractivity contribution in [2.45, 2.75) is 18.9 Å². The second kappa shape index (κ2) is 6.92. The van der Waals surface area contributed by atoms with Crippen LogP contribution in [0.1, 0.15) is 39.1 Å². The summed E-state index contributed by atoms with van der Waals surface area (Å²) in [5.41, 5.74) is 1.79. The smallest absolute Gasteiger partial charge is 0.277 e. The molecule has 0 atom stereocenters. The maximum atomic E-state index is 12.7. The third-order valence-electron chi connectivity index (χ3n) is 4.70. The zero-order valence-corrected chi connectivity index (χ0v) is 14.8. The van der Waals surface area contributed by atoms with Gasteiger partial charge >= 0.3 is 0 Å². The molecule has 0 aromatic heterocycles.